The number of hydrogen-bond donors (Lipinski definition) is 1. The van der Waals surface area contributed by atoms with E-state index in [9.17, 15) is 14.9 Å². The number of rotatable bonds is 6. The van der Waals surface area contributed by atoms with Gasteiger partial charge in [-0.1, -0.05) is 29.3 Å². The second-order valence-corrected chi connectivity index (χ2v) is 6.32. The first kappa shape index (κ1) is 19.2. The molecule has 130 valence electrons. The van der Waals surface area contributed by atoms with Gasteiger partial charge in [-0.15, -0.1) is 0 Å². The van der Waals surface area contributed by atoms with Gasteiger partial charge in [-0.2, -0.15) is 5.10 Å². The molecule has 2 rings (SSSR count). The first-order chi connectivity index (χ1) is 11.9. The largest absolute Gasteiger partial charge is 0.482 e. The summed E-state index contributed by atoms with van der Waals surface area (Å²) in [4.78, 5) is 22.0. The number of carbonyl (C=O) groups is 1. The van der Waals surface area contributed by atoms with Crippen LogP contribution >= 0.6 is 39.1 Å². The summed E-state index contributed by atoms with van der Waals surface area (Å²) in [6.07, 6.45) is 1.28. The van der Waals surface area contributed by atoms with Gasteiger partial charge in [-0.05, 0) is 34.1 Å². The van der Waals surface area contributed by atoms with Gasteiger partial charge in [0.2, 0.25) is 0 Å². The molecule has 0 spiro atoms. The highest BCUT2D eigenvalue weighted by atomic mass is 79.9. The van der Waals surface area contributed by atoms with Crippen LogP contribution in [0, 0.1) is 10.1 Å². The molecule has 0 aliphatic rings. The molecule has 0 aliphatic carbocycles. The molecular weight excluding hydrogens is 437 g/mol. The van der Waals surface area contributed by atoms with E-state index in [1.165, 1.54) is 24.4 Å². The smallest absolute Gasteiger partial charge is 0.284 e. The Hall–Kier alpha value is -2.16. The molecule has 0 saturated carbocycles. The van der Waals surface area contributed by atoms with E-state index in [-0.39, 0.29) is 18.0 Å². The van der Waals surface area contributed by atoms with Crippen molar-refractivity contribution in [3.63, 3.8) is 0 Å². The number of carbonyl (C=O) groups excluding carboxylic acids is 1. The molecule has 1 amide bonds. The summed E-state index contributed by atoms with van der Waals surface area (Å²) < 4.78 is 5.60. The summed E-state index contributed by atoms with van der Waals surface area (Å²) >= 11 is 14.8. The Balaban J connectivity index is 1.91. The monoisotopic (exact) mass is 445 g/mol. The van der Waals surface area contributed by atoms with Crippen molar-refractivity contribution >= 4 is 56.9 Å². The lowest BCUT2D eigenvalue weighted by atomic mass is 10.2. The Morgan fingerprint density at radius 1 is 1.32 bits per heavy atom. The number of halogens is 3. The van der Waals surface area contributed by atoms with Gasteiger partial charge in [0, 0.05) is 22.7 Å². The molecule has 0 aromatic heterocycles. The molecule has 0 aliphatic heterocycles. The highest BCUT2D eigenvalue weighted by Gasteiger charge is 2.11. The lowest BCUT2D eigenvalue weighted by Crippen LogP contribution is -2.24. The van der Waals surface area contributed by atoms with Crippen LogP contribution in [0.15, 0.2) is 46.0 Å². The van der Waals surface area contributed by atoms with Gasteiger partial charge in [0.15, 0.2) is 6.61 Å². The summed E-state index contributed by atoms with van der Waals surface area (Å²) in [6.45, 7) is -0.322. The number of nitro groups is 1. The normalized spacial score (nSPS) is 10.7. The number of amides is 1. The third-order valence-corrected chi connectivity index (χ3v) is 4.04. The quantitative estimate of drug-likeness (QED) is 0.408. The molecule has 25 heavy (non-hydrogen) atoms. The van der Waals surface area contributed by atoms with Gasteiger partial charge in [-0.3, -0.25) is 14.9 Å². The highest BCUT2D eigenvalue weighted by molar-refractivity contribution is 9.10. The van der Waals surface area contributed by atoms with Crippen molar-refractivity contribution in [2.45, 2.75) is 0 Å². The average molecular weight is 447 g/mol. The zero-order valence-corrected chi connectivity index (χ0v) is 15.5. The van der Waals surface area contributed by atoms with Crippen LogP contribution in [0.3, 0.4) is 0 Å². The fourth-order valence-corrected chi connectivity index (χ4v) is 2.42. The topological polar surface area (TPSA) is 93.8 Å². The number of benzene rings is 2. The molecule has 0 bridgehead atoms. The van der Waals surface area contributed by atoms with Gasteiger partial charge in [0.05, 0.1) is 20.6 Å². The van der Waals surface area contributed by atoms with Crippen molar-refractivity contribution < 1.29 is 14.5 Å². The van der Waals surface area contributed by atoms with Crippen molar-refractivity contribution in [1.82, 2.24) is 5.43 Å². The summed E-state index contributed by atoms with van der Waals surface area (Å²) in [7, 11) is 0. The third kappa shape index (κ3) is 5.70. The average Bonchev–Trinajstić information content (AvgIpc) is 2.57. The molecule has 0 radical (unpaired) electrons. The van der Waals surface area contributed by atoms with E-state index in [2.05, 4.69) is 26.5 Å². The molecule has 2 aromatic carbocycles. The van der Waals surface area contributed by atoms with Crippen LogP contribution in [0.25, 0.3) is 0 Å². The summed E-state index contributed by atoms with van der Waals surface area (Å²) in [5.74, 6) is -0.254. The van der Waals surface area contributed by atoms with Gasteiger partial charge in [0.25, 0.3) is 11.6 Å². The van der Waals surface area contributed by atoms with Crippen molar-refractivity contribution in [1.29, 1.82) is 0 Å². The fraction of sp³-hybridized carbons (Fsp3) is 0.0667. The van der Waals surface area contributed by atoms with Crippen LogP contribution in [0.5, 0.6) is 5.75 Å². The Morgan fingerprint density at radius 2 is 2.08 bits per heavy atom. The van der Waals surface area contributed by atoms with Crippen molar-refractivity contribution in [3.05, 3.63) is 66.6 Å². The lowest BCUT2D eigenvalue weighted by Gasteiger charge is -2.07. The maximum absolute atomic E-state index is 11.7. The lowest BCUT2D eigenvalue weighted by molar-refractivity contribution is -0.385. The molecule has 7 nitrogen and oxygen atoms in total. The Morgan fingerprint density at radius 3 is 2.80 bits per heavy atom. The Bertz CT molecular complexity index is 846. The molecular formula is C15H10BrCl2N3O4. The molecule has 0 unspecified atom stereocenters. The Labute approximate surface area is 160 Å². The number of nitro benzene ring substituents is 1. The van der Waals surface area contributed by atoms with Crippen LogP contribution in [0.4, 0.5) is 5.69 Å². The van der Waals surface area contributed by atoms with E-state index in [1.54, 1.807) is 18.2 Å². The van der Waals surface area contributed by atoms with Crippen LogP contribution in [-0.4, -0.2) is 23.7 Å². The Kier molecular flexibility index (Phi) is 6.74. The standard InChI is InChI=1S/C15H10BrCl2N3O4/c16-11-3-1-9(5-13(11)21(23)24)7-19-20-15(22)8-25-14-6-10(17)2-4-12(14)18/h1-7H,8H2,(H,20,22)/b19-7-. The minimum atomic E-state index is -0.529. The van der Waals surface area contributed by atoms with Crippen LogP contribution in [0.2, 0.25) is 10.0 Å². The maximum atomic E-state index is 11.7. The second kappa shape index (κ2) is 8.80. The first-order valence-corrected chi connectivity index (χ1v) is 8.25. The van der Waals surface area contributed by atoms with Crippen molar-refractivity contribution in [3.8, 4) is 5.75 Å². The zero-order chi connectivity index (χ0) is 18.4. The summed E-state index contributed by atoms with van der Waals surface area (Å²) in [6, 6.07) is 9.08. The van der Waals surface area contributed by atoms with E-state index in [0.717, 1.165) is 0 Å². The second-order valence-electron chi connectivity index (χ2n) is 4.62. The predicted octanol–water partition coefficient (Wildman–Crippen LogP) is 4.19. The van der Waals surface area contributed by atoms with Gasteiger partial charge < -0.3 is 4.74 Å². The molecule has 1 N–H and O–H groups in total. The van der Waals surface area contributed by atoms with Crippen molar-refractivity contribution in [2.75, 3.05) is 6.61 Å². The molecule has 0 fully saturated rings. The van der Waals surface area contributed by atoms with Gasteiger partial charge in [0.1, 0.15) is 5.75 Å². The molecule has 0 atom stereocenters. The van der Waals surface area contributed by atoms with E-state index >= 15 is 0 Å². The highest BCUT2D eigenvalue weighted by Crippen LogP contribution is 2.27. The summed E-state index contributed by atoms with van der Waals surface area (Å²) in [5, 5.41) is 15.3. The number of ether oxygens (including phenoxy) is 1. The van der Waals surface area contributed by atoms with E-state index in [0.29, 0.717) is 20.1 Å². The zero-order valence-electron chi connectivity index (χ0n) is 12.4. The third-order valence-electron chi connectivity index (χ3n) is 2.82. The molecule has 2 aromatic rings. The predicted molar refractivity (Wildman–Crippen MR) is 98.5 cm³/mol. The van der Waals surface area contributed by atoms with Crippen LogP contribution in [-0.2, 0) is 4.79 Å². The molecule has 10 heteroatoms. The number of nitrogens with one attached hydrogen (secondary N) is 1. The molecule has 0 heterocycles. The van der Waals surface area contributed by atoms with Gasteiger partial charge >= 0.3 is 0 Å². The van der Waals surface area contributed by atoms with Crippen LogP contribution < -0.4 is 10.2 Å². The number of nitrogens with zero attached hydrogens (tertiary/aromatic N) is 2. The van der Waals surface area contributed by atoms with E-state index in [1.807, 2.05) is 0 Å². The number of hydrogen-bond acceptors (Lipinski definition) is 5. The minimum absolute atomic E-state index is 0.103. The van der Waals surface area contributed by atoms with Gasteiger partial charge in [-0.25, -0.2) is 5.43 Å². The molecule has 0 saturated heterocycles. The van der Waals surface area contributed by atoms with Crippen molar-refractivity contribution in [2.24, 2.45) is 5.10 Å². The van der Waals surface area contributed by atoms with E-state index in [4.69, 9.17) is 27.9 Å². The fourth-order valence-electron chi connectivity index (χ4n) is 1.69. The summed E-state index contributed by atoms with van der Waals surface area (Å²) in [5.41, 5.74) is 2.60. The maximum Gasteiger partial charge on any atom is 0.284 e. The SMILES string of the molecule is O=C(COc1cc(Cl)ccc1Cl)N/N=C\c1ccc(Br)c([N+](=O)[O-])c1. The first-order valence-electron chi connectivity index (χ1n) is 6.70. The van der Waals surface area contributed by atoms with Crippen LogP contribution in [0.1, 0.15) is 5.56 Å². The number of hydrazone groups is 1. The van der Waals surface area contributed by atoms with E-state index < -0.39 is 10.8 Å². The minimum Gasteiger partial charge on any atom is -0.482 e.